The summed E-state index contributed by atoms with van der Waals surface area (Å²) in [5, 5.41) is 4.23. The van der Waals surface area contributed by atoms with Crippen molar-refractivity contribution in [3.63, 3.8) is 0 Å². The molecule has 1 amide bonds. The van der Waals surface area contributed by atoms with Crippen molar-refractivity contribution >= 4 is 35.0 Å². The number of benzene rings is 2. The first-order valence-electron chi connectivity index (χ1n) is 7.52. The maximum absolute atomic E-state index is 12.1. The largest absolute Gasteiger partial charge is 0.497 e. The Morgan fingerprint density at radius 2 is 2.08 bits per heavy atom. The molecule has 0 aliphatic rings. The van der Waals surface area contributed by atoms with E-state index in [2.05, 4.69) is 10.3 Å². The highest BCUT2D eigenvalue weighted by Crippen LogP contribution is 2.23. The van der Waals surface area contributed by atoms with Crippen LogP contribution in [-0.2, 0) is 4.79 Å². The Bertz CT molecular complexity index is 865. The number of imidazole rings is 1. The number of hydrogen-bond acceptors (Lipinski definition) is 4. The van der Waals surface area contributed by atoms with E-state index in [4.69, 9.17) is 16.3 Å². The number of aromatic nitrogens is 2. The van der Waals surface area contributed by atoms with Crippen LogP contribution in [0.1, 0.15) is 0 Å². The second-order valence-corrected chi connectivity index (χ2v) is 6.50. The molecule has 0 aliphatic heterocycles. The molecule has 2 aromatic carbocycles. The number of rotatable bonds is 6. The highest BCUT2D eigenvalue weighted by atomic mass is 35.5. The quantitative estimate of drug-likeness (QED) is 0.656. The molecule has 0 atom stereocenters. The molecule has 3 aromatic rings. The minimum atomic E-state index is -0.101. The molecule has 1 aromatic heterocycles. The van der Waals surface area contributed by atoms with Crippen molar-refractivity contribution < 1.29 is 9.53 Å². The number of nitrogens with one attached hydrogen (secondary N) is 1. The summed E-state index contributed by atoms with van der Waals surface area (Å²) in [7, 11) is 1.60. The van der Waals surface area contributed by atoms with E-state index in [1.807, 2.05) is 35.0 Å². The molecule has 0 saturated heterocycles. The zero-order valence-corrected chi connectivity index (χ0v) is 15.1. The lowest BCUT2D eigenvalue weighted by atomic mass is 10.3. The molecule has 25 heavy (non-hydrogen) atoms. The number of hydrogen-bond donors (Lipinski definition) is 1. The van der Waals surface area contributed by atoms with Crippen LogP contribution in [0.15, 0.2) is 66.1 Å². The van der Waals surface area contributed by atoms with Gasteiger partial charge in [-0.2, -0.15) is 0 Å². The lowest BCUT2D eigenvalue weighted by molar-refractivity contribution is -0.113. The van der Waals surface area contributed by atoms with Crippen LogP contribution in [0.4, 0.5) is 5.69 Å². The molecule has 0 saturated carbocycles. The van der Waals surface area contributed by atoms with Crippen molar-refractivity contribution in [1.82, 2.24) is 9.55 Å². The van der Waals surface area contributed by atoms with Crippen molar-refractivity contribution in [3.8, 4) is 11.4 Å². The fourth-order valence-electron chi connectivity index (χ4n) is 2.22. The summed E-state index contributed by atoms with van der Waals surface area (Å²) >= 11 is 7.40. The summed E-state index contributed by atoms with van der Waals surface area (Å²) in [6.07, 6.45) is 3.54. The van der Waals surface area contributed by atoms with E-state index in [-0.39, 0.29) is 11.7 Å². The monoisotopic (exact) mass is 373 g/mol. The second-order valence-electron chi connectivity index (χ2n) is 5.13. The van der Waals surface area contributed by atoms with E-state index in [0.717, 1.165) is 22.3 Å². The summed E-state index contributed by atoms with van der Waals surface area (Å²) in [5.41, 5.74) is 1.63. The third kappa shape index (κ3) is 4.55. The summed E-state index contributed by atoms with van der Waals surface area (Å²) in [6, 6.07) is 14.7. The number of thioether (sulfide) groups is 1. The fourth-order valence-corrected chi connectivity index (χ4v) is 3.18. The molecule has 0 bridgehead atoms. The molecule has 0 spiro atoms. The first-order valence-corrected chi connectivity index (χ1v) is 8.88. The average Bonchev–Trinajstić information content (AvgIpc) is 3.09. The van der Waals surface area contributed by atoms with Gasteiger partial charge in [-0.1, -0.05) is 29.4 Å². The number of amides is 1. The SMILES string of the molecule is COc1ccc(NC(=O)CSc2nccn2-c2cccc(Cl)c2)cc1. The number of nitrogens with zero attached hydrogens (tertiary/aromatic N) is 2. The third-order valence-corrected chi connectivity index (χ3v) is 4.60. The van der Waals surface area contributed by atoms with Crippen LogP contribution in [0, 0.1) is 0 Å². The Balaban J connectivity index is 1.62. The van der Waals surface area contributed by atoms with Gasteiger partial charge in [0.2, 0.25) is 5.91 Å². The number of carbonyl (C=O) groups is 1. The van der Waals surface area contributed by atoms with Gasteiger partial charge in [0.05, 0.1) is 12.9 Å². The van der Waals surface area contributed by atoms with Crippen LogP contribution in [0.5, 0.6) is 5.75 Å². The Morgan fingerprint density at radius 3 is 2.80 bits per heavy atom. The first-order chi connectivity index (χ1) is 12.2. The molecule has 5 nitrogen and oxygen atoms in total. The van der Waals surface area contributed by atoms with Gasteiger partial charge in [0.1, 0.15) is 5.75 Å². The number of carbonyl (C=O) groups excluding carboxylic acids is 1. The average molecular weight is 374 g/mol. The number of methoxy groups -OCH3 is 1. The van der Waals surface area contributed by atoms with Gasteiger partial charge in [-0.15, -0.1) is 0 Å². The number of halogens is 1. The summed E-state index contributed by atoms with van der Waals surface area (Å²) in [5.74, 6) is 0.899. The van der Waals surface area contributed by atoms with Crippen molar-refractivity contribution in [3.05, 3.63) is 65.9 Å². The van der Waals surface area contributed by atoms with E-state index >= 15 is 0 Å². The molecule has 1 heterocycles. The van der Waals surface area contributed by atoms with Crippen LogP contribution in [0.3, 0.4) is 0 Å². The van der Waals surface area contributed by atoms with Crippen LogP contribution in [0.2, 0.25) is 5.02 Å². The lowest BCUT2D eigenvalue weighted by Crippen LogP contribution is -2.14. The van der Waals surface area contributed by atoms with Gasteiger partial charge < -0.3 is 10.1 Å². The van der Waals surface area contributed by atoms with Crippen molar-refractivity contribution in [2.24, 2.45) is 0 Å². The summed E-state index contributed by atoms with van der Waals surface area (Å²) in [4.78, 5) is 16.5. The lowest BCUT2D eigenvalue weighted by Gasteiger charge is -2.08. The van der Waals surface area contributed by atoms with Crippen LogP contribution >= 0.6 is 23.4 Å². The van der Waals surface area contributed by atoms with Gasteiger partial charge in [0.25, 0.3) is 0 Å². The third-order valence-electron chi connectivity index (χ3n) is 3.40. The van der Waals surface area contributed by atoms with Gasteiger partial charge in [-0.25, -0.2) is 4.98 Å². The topological polar surface area (TPSA) is 56.1 Å². The van der Waals surface area contributed by atoms with Crippen LogP contribution in [-0.4, -0.2) is 28.3 Å². The van der Waals surface area contributed by atoms with E-state index < -0.39 is 0 Å². The highest BCUT2D eigenvalue weighted by Gasteiger charge is 2.10. The van der Waals surface area contributed by atoms with Crippen LogP contribution in [0.25, 0.3) is 5.69 Å². The van der Waals surface area contributed by atoms with Gasteiger partial charge in [-0.05, 0) is 42.5 Å². The highest BCUT2D eigenvalue weighted by molar-refractivity contribution is 7.99. The molecule has 128 valence electrons. The maximum Gasteiger partial charge on any atom is 0.234 e. The van der Waals surface area contributed by atoms with Crippen LogP contribution < -0.4 is 10.1 Å². The van der Waals surface area contributed by atoms with Gasteiger partial charge >= 0.3 is 0 Å². The number of ether oxygens (including phenoxy) is 1. The van der Waals surface area contributed by atoms with Gasteiger partial charge in [0.15, 0.2) is 5.16 Å². The van der Waals surface area contributed by atoms with Gasteiger partial charge in [0, 0.05) is 28.8 Å². The Morgan fingerprint density at radius 1 is 1.28 bits per heavy atom. The van der Waals surface area contributed by atoms with E-state index in [0.29, 0.717) is 5.02 Å². The molecule has 0 aliphatic carbocycles. The zero-order valence-electron chi connectivity index (χ0n) is 13.5. The molecule has 7 heteroatoms. The van der Waals surface area contributed by atoms with E-state index in [1.165, 1.54) is 11.8 Å². The zero-order chi connectivity index (χ0) is 17.6. The molecule has 1 N–H and O–H groups in total. The predicted octanol–water partition coefficient (Wildman–Crippen LogP) is 4.27. The smallest absolute Gasteiger partial charge is 0.234 e. The fraction of sp³-hybridized carbons (Fsp3) is 0.111. The maximum atomic E-state index is 12.1. The number of anilines is 1. The minimum absolute atomic E-state index is 0.101. The second kappa shape index (κ2) is 8.09. The summed E-state index contributed by atoms with van der Waals surface area (Å²) in [6.45, 7) is 0. The molecular weight excluding hydrogens is 358 g/mol. The van der Waals surface area contributed by atoms with Crippen molar-refractivity contribution in [2.75, 3.05) is 18.2 Å². The first kappa shape index (κ1) is 17.4. The van der Waals surface area contributed by atoms with E-state index in [1.54, 1.807) is 37.6 Å². The molecule has 0 unspecified atom stereocenters. The Labute approximate surface area is 155 Å². The molecule has 0 radical (unpaired) electrons. The minimum Gasteiger partial charge on any atom is -0.497 e. The molecule has 3 rings (SSSR count). The predicted molar refractivity (Wildman–Crippen MR) is 101 cm³/mol. The normalized spacial score (nSPS) is 10.5. The summed E-state index contributed by atoms with van der Waals surface area (Å²) < 4.78 is 7.00. The molecular formula is C18H16ClN3O2S. The van der Waals surface area contributed by atoms with Crippen molar-refractivity contribution in [1.29, 1.82) is 0 Å². The Kier molecular flexibility index (Phi) is 5.63. The standard InChI is InChI=1S/C18H16ClN3O2S/c1-24-16-7-5-14(6-8-16)21-17(23)12-25-18-20-9-10-22(18)15-4-2-3-13(19)11-15/h2-11H,12H2,1H3,(H,21,23). The Hall–Kier alpha value is -2.44. The van der Waals surface area contributed by atoms with E-state index in [9.17, 15) is 4.79 Å². The van der Waals surface area contributed by atoms with Gasteiger partial charge in [-0.3, -0.25) is 9.36 Å². The molecule has 0 fully saturated rings. The van der Waals surface area contributed by atoms with Crippen molar-refractivity contribution in [2.45, 2.75) is 5.16 Å².